The summed E-state index contributed by atoms with van der Waals surface area (Å²) in [5.74, 6) is -0.0289. The van der Waals surface area contributed by atoms with E-state index in [1.54, 1.807) is 31.5 Å². The second kappa shape index (κ2) is 7.23. The van der Waals surface area contributed by atoms with E-state index in [1.165, 1.54) is 10.6 Å². The summed E-state index contributed by atoms with van der Waals surface area (Å²) in [4.78, 5) is 29.6. The van der Waals surface area contributed by atoms with E-state index >= 15 is 0 Å². The monoisotopic (exact) mass is 366 g/mol. The van der Waals surface area contributed by atoms with Crippen molar-refractivity contribution in [2.75, 3.05) is 7.11 Å². The molecule has 0 amide bonds. The summed E-state index contributed by atoms with van der Waals surface area (Å²) in [6, 6.07) is 12.5. The normalized spacial score (nSPS) is 12.6. The minimum absolute atomic E-state index is 0.101. The maximum absolute atomic E-state index is 12.8. The van der Waals surface area contributed by atoms with Gasteiger partial charge in [-0.2, -0.15) is 0 Å². The maximum Gasteiger partial charge on any atom is 0.346 e. The summed E-state index contributed by atoms with van der Waals surface area (Å²) in [6.07, 6.45) is 2.28. The SMILES string of the molecule is COc1cccc([C@@H](OC(=O)c2cnc3ccccn3c2=O)C(C)(C)C)c1. The molecule has 0 bridgehead atoms. The second-order valence-electron chi connectivity index (χ2n) is 7.33. The van der Waals surface area contributed by atoms with Gasteiger partial charge in [-0.25, -0.2) is 9.78 Å². The zero-order valence-electron chi connectivity index (χ0n) is 15.8. The van der Waals surface area contributed by atoms with Crippen molar-refractivity contribution in [1.29, 1.82) is 0 Å². The molecule has 0 aliphatic carbocycles. The average Bonchev–Trinajstić information content (AvgIpc) is 2.65. The Hall–Kier alpha value is -3.15. The highest BCUT2D eigenvalue weighted by Gasteiger charge is 2.31. The van der Waals surface area contributed by atoms with Gasteiger partial charge in [-0.15, -0.1) is 0 Å². The van der Waals surface area contributed by atoms with Crippen LogP contribution in [0.15, 0.2) is 59.7 Å². The smallest absolute Gasteiger partial charge is 0.346 e. The van der Waals surface area contributed by atoms with Crippen LogP contribution in [0.3, 0.4) is 0 Å². The van der Waals surface area contributed by atoms with E-state index in [4.69, 9.17) is 9.47 Å². The van der Waals surface area contributed by atoms with Crippen molar-refractivity contribution in [2.24, 2.45) is 5.41 Å². The molecule has 0 aliphatic heterocycles. The minimum atomic E-state index is -0.700. The molecule has 0 radical (unpaired) electrons. The van der Waals surface area contributed by atoms with Crippen LogP contribution >= 0.6 is 0 Å². The van der Waals surface area contributed by atoms with Crippen molar-refractivity contribution in [3.63, 3.8) is 0 Å². The van der Waals surface area contributed by atoms with Crippen LogP contribution in [0.4, 0.5) is 0 Å². The van der Waals surface area contributed by atoms with Gasteiger partial charge in [0.05, 0.1) is 7.11 Å². The van der Waals surface area contributed by atoms with Crippen molar-refractivity contribution < 1.29 is 14.3 Å². The van der Waals surface area contributed by atoms with Crippen LogP contribution in [0, 0.1) is 5.41 Å². The maximum atomic E-state index is 12.8. The summed E-state index contributed by atoms with van der Waals surface area (Å²) in [5, 5.41) is 0. The Balaban J connectivity index is 1.98. The number of fused-ring (bicyclic) bond motifs is 1. The second-order valence-corrected chi connectivity index (χ2v) is 7.33. The predicted octanol–water partition coefficient (Wildman–Crippen LogP) is 3.65. The van der Waals surface area contributed by atoms with E-state index in [-0.39, 0.29) is 11.0 Å². The number of carbonyl (C=O) groups is 1. The van der Waals surface area contributed by atoms with Crippen LogP contribution in [0.5, 0.6) is 5.75 Å². The number of methoxy groups -OCH3 is 1. The molecule has 0 saturated carbocycles. The molecule has 2 heterocycles. The van der Waals surface area contributed by atoms with Crippen LogP contribution in [0.2, 0.25) is 0 Å². The summed E-state index contributed by atoms with van der Waals surface area (Å²) in [5.41, 5.74) is 0.325. The lowest BCUT2D eigenvalue weighted by atomic mass is 9.84. The first-order valence-electron chi connectivity index (χ1n) is 8.62. The zero-order chi connectivity index (χ0) is 19.6. The third kappa shape index (κ3) is 3.84. The number of hydrogen-bond donors (Lipinski definition) is 0. The predicted molar refractivity (Wildman–Crippen MR) is 102 cm³/mol. The molecule has 6 heteroatoms. The van der Waals surface area contributed by atoms with Gasteiger partial charge in [-0.1, -0.05) is 39.0 Å². The molecule has 0 aliphatic rings. The Morgan fingerprint density at radius 1 is 1.15 bits per heavy atom. The van der Waals surface area contributed by atoms with Crippen molar-refractivity contribution in [2.45, 2.75) is 26.9 Å². The fraction of sp³-hybridized carbons (Fsp3) is 0.286. The molecule has 0 saturated heterocycles. The quantitative estimate of drug-likeness (QED) is 0.659. The molecule has 2 aromatic heterocycles. The molecule has 0 N–H and O–H groups in total. The van der Waals surface area contributed by atoms with Gasteiger partial charge in [-0.3, -0.25) is 9.20 Å². The molecule has 140 valence electrons. The number of esters is 1. The number of benzene rings is 1. The fourth-order valence-electron chi connectivity index (χ4n) is 2.89. The first kappa shape index (κ1) is 18.6. The van der Waals surface area contributed by atoms with Crippen molar-refractivity contribution >= 4 is 11.6 Å². The Bertz CT molecular complexity index is 1030. The Morgan fingerprint density at radius 3 is 2.63 bits per heavy atom. The highest BCUT2D eigenvalue weighted by Crippen LogP contribution is 2.37. The topological polar surface area (TPSA) is 69.9 Å². The molecule has 3 aromatic rings. The van der Waals surface area contributed by atoms with Gasteiger partial charge in [-0.05, 0) is 29.8 Å². The number of carbonyl (C=O) groups excluding carboxylic acids is 1. The number of nitrogens with zero attached hydrogens (tertiary/aromatic N) is 2. The molecule has 0 fully saturated rings. The van der Waals surface area contributed by atoms with E-state index in [9.17, 15) is 9.59 Å². The standard InChI is InChI=1S/C21H22N2O4/c1-21(2,3)18(14-8-7-9-15(12-14)26-4)27-20(25)16-13-22-17-10-5-6-11-23(17)19(16)24/h5-13,18H,1-4H3/t18-/m1/s1. The molecule has 1 aromatic carbocycles. The number of aromatic nitrogens is 2. The highest BCUT2D eigenvalue weighted by atomic mass is 16.5. The number of pyridine rings is 1. The molecule has 1 atom stereocenters. The zero-order valence-corrected chi connectivity index (χ0v) is 15.8. The van der Waals surface area contributed by atoms with E-state index in [0.717, 1.165) is 5.56 Å². The summed E-state index contributed by atoms with van der Waals surface area (Å²) in [6.45, 7) is 5.90. The van der Waals surface area contributed by atoms with Crippen molar-refractivity contribution in [1.82, 2.24) is 9.38 Å². The molecular formula is C21H22N2O4. The lowest BCUT2D eigenvalue weighted by Gasteiger charge is -2.30. The Labute approximate surface area is 157 Å². The first-order chi connectivity index (χ1) is 12.8. The largest absolute Gasteiger partial charge is 0.497 e. The van der Waals surface area contributed by atoms with Crippen LogP contribution in [0.1, 0.15) is 42.8 Å². The Kier molecular flexibility index (Phi) is 4.99. The van der Waals surface area contributed by atoms with E-state index in [0.29, 0.717) is 11.4 Å². The molecule has 0 unspecified atom stereocenters. The molecular weight excluding hydrogens is 344 g/mol. The number of rotatable bonds is 4. The van der Waals surface area contributed by atoms with Gasteiger partial charge >= 0.3 is 5.97 Å². The molecule has 6 nitrogen and oxygen atoms in total. The van der Waals surface area contributed by atoms with Crippen LogP contribution in [-0.4, -0.2) is 22.5 Å². The van der Waals surface area contributed by atoms with Crippen LogP contribution < -0.4 is 10.3 Å². The van der Waals surface area contributed by atoms with Gasteiger partial charge in [0.25, 0.3) is 5.56 Å². The summed E-state index contributed by atoms with van der Waals surface area (Å²) >= 11 is 0. The van der Waals surface area contributed by atoms with E-state index < -0.39 is 17.6 Å². The van der Waals surface area contributed by atoms with E-state index in [1.807, 2.05) is 45.0 Å². The molecule has 27 heavy (non-hydrogen) atoms. The lowest BCUT2D eigenvalue weighted by Crippen LogP contribution is -2.29. The van der Waals surface area contributed by atoms with Gasteiger partial charge in [0.2, 0.25) is 0 Å². The molecule has 0 spiro atoms. The number of ether oxygens (including phenoxy) is 2. The lowest BCUT2D eigenvalue weighted by molar-refractivity contribution is -0.00425. The van der Waals surface area contributed by atoms with Gasteiger partial charge in [0.15, 0.2) is 0 Å². The van der Waals surface area contributed by atoms with Crippen molar-refractivity contribution in [3.8, 4) is 5.75 Å². The third-order valence-electron chi connectivity index (χ3n) is 4.24. The van der Waals surface area contributed by atoms with Gasteiger partial charge < -0.3 is 9.47 Å². The third-order valence-corrected chi connectivity index (χ3v) is 4.24. The summed E-state index contributed by atoms with van der Waals surface area (Å²) < 4.78 is 12.4. The minimum Gasteiger partial charge on any atom is -0.497 e. The Morgan fingerprint density at radius 2 is 1.93 bits per heavy atom. The van der Waals surface area contributed by atoms with E-state index in [2.05, 4.69) is 4.98 Å². The molecule has 3 rings (SSSR count). The number of hydrogen-bond acceptors (Lipinski definition) is 5. The summed E-state index contributed by atoms with van der Waals surface area (Å²) in [7, 11) is 1.58. The average molecular weight is 366 g/mol. The fourth-order valence-corrected chi connectivity index (χ4v) is 2.89. The van der Waals surface area contributed by atoms with Gasteiger partial charge in [0, 0.05) is 17.8 Å². The van der Waals surface area contributed by atoms with Crippen LogP contribution in [0.25, 0.3) is 5.65 Å². The highest BCUT2D eigenvalue weighted by molar-refractivity contribution is 5.89. The van der Waals surface area contributed by atoms with Gasteiger partial charge in [0.1, 0.15) is 23.1 Å². The van der Waals surface area contributed by atoms with Crippen molar-refractivity contribution in [3.05, 3.63) is 76.3 Å². The van der Waals surface area contributed by atoms with Crippen LogP contribution in [-0.2, 0) is 4.74 Å². The first-order valence-corrected chi connectivity index (χ1v) is 8.62.